The zero-order chi connectivity index (χ0) is 13.2. The Balaban J connectivity index is 1.94. The molecule has 1 fully saturated rings. The topological polar surface area (TPSA) is 55.8 Å². The molecule has 1 aliphatic rings. The van der Waals surface area contributed by atoms with Crippen LogP contribution in [0.3, 0.4) is 0 Å². The minimum atomic E-state index is -0.309. The second kappa shape index (κ2) is 9.34. The highest BCUT2D eigenvalue weighted by Crippen LogP contribution is 2.21. The van der Waals surface area contributed by atoms with E-state index < -0.39 is 0 Å². The van der Waals surface area contributed by atoms with Crippen LogP contribution in [0, 0.1) is 0 Å². The Kier molecular flexibility index (Phi) is 8.01. The summed E-state index contributed by atoms with van der Waals surface area (Å²) in [6.45, 7) is 0.588. The third-order valence-electron chi connectivity index (χ3n) is 3.42. The van der Waals surface area contributed by atoms with E-state index in [4.69, 9.17) is 9.47 Å². The SMILES string of the molecule is COCC[C@@H](O)CCCCC(=O)OC1CCCC1. The Morgan fingerprint density at radius 1 is 1.28 bits per heavy atom. The van der Waals surface area contributed by atoms with Gasteiger partial charge in [-0.1, -0.05) is 6.42 Å². The van der Waals surface area contributed by atoms with Crippen LogP contribution >= 0.6 is 0 Å². The molecule has 106 valence electrons. The zero-order valence-corrected chi connectivity index (χ0v) is 11.4. The largest absolute Gasteiger partial charge is 0.462 e. The van der Waals surface area contributed by atoms with Gasteiger partial charge in [-0.2, -0.15) is 0 Å². The summed E-state index contributed by atoms with van der Waals surface area (Å²) in [6.07, 6.45) is 7.84. The fourth-order valence-electron chi connectivity index (χ4n) is 2.30. The average Bonchev–Trinajstić information content (AvgIpc) is 2.85. The van der Waals surface area contributed by atoms with Crippen LogP contribution in [0.1, 0.15) is 57.8 Å². The van der Waals surface area contributed by atoms with Gasteiger partial charge in [0.1, 0.15) is 6.10 Å². The second-order valence-electron chi connectivity index (χ2n) is 5.08. The summed E-state index contributed by atoms with van der Waals surface area (Å²) in [4.78, 5) is 11.5. The predicted octanol–water partition coefficient (Wildman–Crippen LogP) is 2.43. The number of ether oxygens (including phenoxy) is 2. The first-order valence-corrected chi connectivity index (χ1v) is 7.09. The number of carbonyl (C=O) groups excluding carboxylic acids is 1. The number of esters is 1. The maximum atomic E-state index is 11.5. The van der Waals surface area contributed by atoms with Crippen molar-refractivity contribution in [1.29, 1.82) is 0 Å². The fraction of sp³-hybridized carbons (Fsp3) is 0.929. The minimum absolute atomic E-state index is 0.0757. The van der Waals surface area contributed by atoms with Crippen molar-refractivity contribution < 1.29 is 19.4 Å². The van der Waals surface area contributed by atoms with Crippen molar-refractivity contribution in [3.63, 3.8) is 0 Å². The first-order chi connectivity index (χ1) is 8.72. The van der Waals surface area contributed by atoms with E-state index >= 15 is 0 Å². The van der Waals surface area contributed by atoms with Crippen LogP contribution in [0.2, 0.25) is 0 Å². The van der Waals surface area contributed by atoms with Crippen molar-refractivity contribution in [3.05, 3.63) is 0 Å². The number of aliphatic hydroxyl groups excluding tert-OH is 1. The lowest BCUT2D eigenvalue weighted by Crippen LogP contribution is -2.14. The van der Waals surface area contributed by atoms with E-state index in [1.165, 1.54) is 12.8 Å². The Morgan fingerprint density at radius 2 is 2.00 bits per heavy atom. The van der Waals surface area contributed by atoms with Crippen LogP contribution in [-0.4, -0.2) is 37.0 Å². The molecule has 0 aliphatic heterocycles. The molecule has 0 aromatic rings. The number of aliphatic hydroxyl groups is 1. The van der Waals surface area contributed by atoms with Crippen LogP contribution in [0.5, 0.6) is 0 Å². The molecule has 1 N–H and O–H groups in total. The van der Waals surface area contributed by atoms with Gasteiger partial charge >= 0.3 is 5.97 Å². The van der Waals surface area contributed by atoms with Crippen molar-refractivity contribution in [1.82, 2.24) is 0 Å². The van der Waals surface area contributed by atoms with Crippen molar-refractivity contribution in [2.75, 3.05) is 13.7 Å². The van der Waals surface area contributed by atoms with Gasteiger partial charge < -0.3 is 14.6 Å². The molecule has 0 spiro atoms. The number of unbranched alkanes of at least 4 members (excludes halogenated alkanes) is 1. The van der Waals surface area contributed by atoms with Crippen LogP contribution < -0.4 is 0 Å². The molecule has 0 heterocycles. The molecular weight excluding hydrogens is 232 g/mol. The van der Waals surface area contributed by atoms with Gasteiger partial charge in [-0.05, 0) is 44.9 Å². The molecule has 4 heteroatoms. The molecule has 1 saturated carbocycles. The zero-order valence-electron chi connectivity index (χ0n) is 11.4. The molecule has 0 unspecified atom stereocenters. The third-order valence-corrected chi connectivity index (χ3v) is 3.42. The first kappa shape index (κ1) is 15.4. The van der Waals surface area contributed by atoms with Gasteiger partial charge in [0.25, 0.3) is 0 Å². The van der Waals surface area contributed by atoms with Gasteiger partial charge in [0.15, 0.2) is 0 Å². The third kappa shape index (κ3) is 6.97. The fourth-order valence-corrected chi connectivity index (χ4v) is 2.30. The predicted molar refractivity (Wildman–Crippen MR) is 69.3 cm³/mol. The summed E-state index contributed by atoms with van der Waals surface area (Å²) in [6, 6.07) is 0. The molecule has 1 aliphatic carbocycles. The van der Waals surface area contributed by atoms with Gasteiger partial charge in [-0.3, -0.25) is 4.79 Å². The monoisotopic (exact) mass is 258 g/mol. The highest BCUT2D eigenvalue weighted by molar-refractivity contribution is 5.69. The molecule has 0 aromatic heterocycles. The van der Waals surface area contributed by atoms with Gasteiger partial charge in [0.05, 0.1) is 6.10 Å². The number of methoxy groups -OCH3 is 1. The number of rotatable bonds is 9. The van der Waals surface area contributed by atoms with Crippen molar-refractivity contribution in [3.8, 4) is 0 Å². The quantitative estimate of drug-likeness (QED) is 0.510. The standard InChI is InChI=1S/C14H26O4/c1-17-11-10-12(15)6-2-5-9-14(16)18-13-7-3-4-8-13/h12-13,15H,2-11H2,1H3/t12-/m0/s1. The van der Waals surface area contributed by atoms with Crippen molar-refractivity contribution in [2.45, 2.75) is 70.0 Å². The van der Waals surface area contributed by atoms with E-state index in [-0.39, 0.29) is 18.2 Å². The van der Waals surface area contributed by atoms with E-state index in [1.807, 2.05) is 0 Å². The van der Waals surface area contributed by atoms with E-state index in [0.29, 0.717) is 19.4 Å². The molecule has 0 saturated heterocycles. The van der Waals surface area contributed by atoms with E-state index in [2.05, 4.69) is 0 Å². The highest BCUT2D eigenvalue weighted by atomic mass is 16.5. The van der Waals surface area contributed by atoms with Gasteiger partial charge in [0.2, 0.25) is 0 Å². The van der Waals surface area contributed by atoms with Crippen LogP contribution in [0.15, 0.2) is 0 Å². The van der Waals surface area contributed by atoms with Gasteiger partial charge in [-0.25, -0.2) is 0 Å². The lowest BCUT2D eigenvalue weighted by molar-refractivity contribution is -0.148. The molecule has 18 heavy (non-hydrogen) atoms. The summed E-state index contributed by atoms with van der Waals surface area (Å²) in [5, 5.41) is 9.58. The lowest BCUT2D eigenvalue weighted by atomic mass is 10.1. The molecule has 0 bridgehead atoms. The Morgan fingerprint density at radius 3 is 2.67 bits per heavy atom. The smallest absolute Gasteiger partial charge is 0.306 e. The summed E-state index contributed by atoms with van der Waals surface area (Å²) in [5.41, 5.74) is 0. The molecule has 4 nitrogen and oxygen atoms in total. The maximum Gasteiger partial charge on any atom is 0.306 e. The summed E-state index contributed by atoms with van der Waals surface area (Å²) in [5.74, 6) is -0.0757. The second-order valence-corrected chi connectivity index (χ2v) is 5.08. The summed E-state index contributed by atoms with van der Waals surface area (Å²) < 4.78 is 10.3. The van der Waals surface area contributed by atoms with Crippen LogP contribution in [0.25, 0.3) is 0 Å². The lowest BCUT2D eigenvalue weighted by Gasteiger charge is -2.12. The van der Waals surface area contributed by atoms with Crippen LogP contribution in [-0.2, 0) is 14.3 Å². The first-order valence-electron chi connectivity index (χ1n) is 7.09. The molecule has 1 atom stereocenters. The normalized spacial score (nSPS) is 17.9. The van der Waals surface area contributed by atoms with Gasteiger partial charge in [0, 0.05) is 20.1 Å². The minimum Gasteiger partial charge on any atom is -0.462 e. The summed E-state index contributed by atoms with van der Waals surface area (Å²) in [7, 11) is 1.63. The van der Waals surface area contributed by atoms with Gasteiger partial charge in [-0.15, -0.1) is 0 Å². The Bertz CT molecular complexity index is 224. The van der Waals surface area contributed by atoms with Crippen molar-refractivity contribution >= 4 is 5.97 Å². The number of carbonyl (C=O) groups is 1. The molecular formula is C14H26O4. The van der Waals surface area contributed by atoms with E-state index in [1.54, 1.807) is 7.11 Å². The molecule has 0 amide bonds. The molecule has 0 radical (unpaired) electrons. The average molecular weight is 258 g/mol. The number of hydrogen-bond donors (Lipinski definition) is 1. The molecule has 0 aromatic carbocycles. The van der Waals surface area contributed by atoms with E-state index in [9.17, 15) is 9.90 Å². The van der Waals surface area contributed by atoms with E-state index in [0.717, 1.165) is 32.1 Å². The maximum absolute atomic E-state index is 11.5. The van der Waals surface area contributed by atoms with Crippen LogP contribution in [0.4, 0.5) is 0 Å². The Labute approximate surface area is 110 Å². The van der Waals surface area contributed by atoms with Crippen molar-refractivity contribution in [2.24, 2.45) is 0 Å². The highest BCUT2D eigenvalue weighted by Gasteiger charge is 2.18. The summed E-state index contributed by atoms with van der Waals surface area (Å²) >= 11 is 0. The Hall–Kier alpha value is -0.610. The molecule has 1 rings (SSSR count). The number of hydrogen-bond acceptors (Lipinski definition) is 4.